The van der Waals surface area contributed by atoms with E-state index in [-0.39, 0.29) is 11.9 Å². The Morgan fingerprint density at radius 1 is 1.33 bits per heavy atom. The number of carbonyl (C=O) groups is 1. The lowest BCUT2D eigenvalue weighted by atomic mass is 10.0. The maximum Gasteiger partial charge on any atom is 0.251 e. The van der Waals surface area contributed by atoms with Crippen LogP contribution in [0.15, 0.2) is 18.2 Å². The Hall–Kier alpha value is -1.59. The van der Waals surface area contributed by atoms with Crippen LogP contribution in [0.2, 0.25) is 0 Å². The molecule has 3 aliphatic heterocycles. The monoisotopic (exact) mass is 330 g/mol. The third-order valence-electron chi connectivity index (χ3n) is 5.48. The predicted octanol–water partition coefficient (Wildman–Crippen LogP) is 1.85. The number of nitrogens with one attached hydrogen (secondary N) is 1. The summed E-state index contributed by atoms with van der Waals surface area (Å²) in [4.78, 5) is 15.1. The van der Waals surface area contributed by atoms with E-state index in [0.29, 0.717) is 18.1 Å². The maximum atomic E-state index is 12.6. The zero-order valence-electron chi connectivity index (χ0n) is 14.5. The lowest BCUT2D eigenvalue weighted by Gasteiger charge is -2.36. The largest absolute Gasteiger partial charge is 0.493 e. The number of carbonyl (C=O) groups excluding carboxylic acids is 1. The van der Waals surface area contributed by atoms with Crippen molar-refractivity contribution in [1.82, 2.24) is 10.2 Å². The van der Waals surface area contributed by atoms with E-state index >= 15 is 0 Å². The third kappa shape index (κ3) is 3.03. The molecule has 0 saturated carbocycles. The molecule has 3 atom stereocenters. The van der Waals surface area contributed by atoms with Crippen LogP contribution >= 0.6 is 0 Å². The lowest BCUT2D eigenvalue weighted by molar-refractivity contribution is -0.0683. The number of hydrogen-bond donors (Lipinski definition) is 1. The van der Waals surface area contributed by atoms with Crippen molar-refractivity contribution in [3.05, 3.63) is 29.3 Å². The molecule has 2 saturated heterocycles. The zero-order valence-corrected chi connectivity index (χ0v) is 14.5. The summed E-state index contributed by atoms with van der Waals surface area (Å²) in [5.41, 5.74) is 1.88. The minimum Gasteiger partial charge on any atom is -0.493 e. The van der Waals surface area contributed by atoms with Gasteiger partial charge in [0.05, 0.1) is 19.3 Å². The molecule has 3 aliphatic rings. The van der Waals surface area contributed by atoms with Gasteiger partial charge in [-0.05, 0) is 36.1 Å². The van der Waals surface area contributed by atoms with E-state index in [9.17, 15) is 4.79 Å². The minimum atomic E-state index is 0.0240. The molecule has 130 valence electrons. The van der Waals surface area contributed by atoms with Crippen LogP contribution in [0.25, 0.3) is 0 Å². The fourth-order valence-corrected chi connectivity index (χ4v) is 4.00. The highest BCUT2D eigenvalue weighted by molar-refractivity contribution is 5.94. The van der Waals surface area contributed by atoms with Crippen LogP contribution in [0.4, 0.5) is 0 Å². The van der Waals surface area contributed by atoms with Crippen molar-refractivity contribution >= 4 is 5.91 Å². The standard InChI is InChI=1S/C19H26N2O3/c1-12(2)18-10-21-9-15(8-16(21)11-24-18)20-19(22)14-3-4-17-13(7-14)5-6-23-17/h3-4,7,12,15-16,18H,5-6,8-11H2,1-2H3,(H,20,22)/t15-,16-,18+/m0/s1. The molecule has 1 N–H and O–H groups in total. The molecule has 1 amide bonds. The highest BCUT2D eigenvalue weighted by atomic mass is 16.5. The molecule has 0 radical (unpaired) electrons. The van der Waals surface area contributed by atoms with Crippen LogP contribution in [0.5, 0.6) is 5.75 Å². The SMILES string of the molecule is CC(C)[C@H]1CN2C[C@@H](NC(=O)c3ccc4c(c3)CCO4)C[C@H]2CO1. The first-order valence-corrected chi connectivity index (χ1v) is 9.02. The average molecular weight is 330 g/mol. The van der Waals surface area contributed by atoms with E-state index in [1.807, 2.05) is 18.2 Å². The number of fused-ring (bicyclic) bond motifs is 2. The normalized spacial score (nSPS) is 29.2. The second kappa shape index (κ2) is 6.37. The van der Waals surface area contributed by atoms with E-state index < -0.39 is 0 Å². The molecule has 0 aromatic heterocycles. The second-order valence-electron chi connectivity index (χ2n) is 7.55. The van der Waals surface area contributed by atoms with Gasteiger partial charge in [0.1, 0.15) is 5.75 Å². The van der Waals surface area contributed by atoms with Crippen molar-refractivity contribution in [2.45, 2.75) is 44.9 Å². The number of rotatable bonds is 3. The van der Waals surface area contributed by atoms with E-state index in [0.717, 1.165) is 56.0 Å². The Morgan fingerprint density at radius 3 is 3.04 bits per heavy atom. The highest BCUT2D eigenvalue weighted by Gasteiger charge is 2.38. The number of nitrogens with zero attached hydrogens (tertiary/aromatic N) is 1. The van der Waals surface area contributed by atoms with Gasteiger partial charge in [-0.1, -0.05) is 13.8 Å². The molecule has 5 nitrogen and oxygen atoms in total. The summed E-state index contributed by atoms with van der Waals surface area (Å²) in [7, 11) is 0. The predicted molar refractivity (Wildman–Crippen MR) is 91.5 cm³/mol. The van der Waals surface area contributed by atoms with E-state index in [4.69, 9.17) is 9.47 Å². The van der Waals surface area contributed by atoms with Gasteiger partial charge >= 0.3 is 0 Å². The van der Waals surface area contributed by atoms with Gasteiger partial charge in [-0.3, -0.25) is 9.69 Å². The number of ether oxygens (including phenoxy) is 2. The number of morpholine rings is 1. The van der Waals surface area contributed by atoms with Gasteiger partial charge in [0.15, 0.2) is 0 Å². The van der Waals surface area contributed by atoms with Crippen molar-refractivity contribution in [2.75, 3.05) is 26.3 Å². The first kappa shape index (κ1) is 15.9. The second-order valence-corrected chi connectivity index (χ2v) is 7.55. The molecule has 4 rings (SSSR count). The molecule has 0 spiro atoms. The summed E-state index contributed by atoms with van der Waals surface area (Å²) in [5.74, 6) is 1.48. The number of hydrogen-bond acceptors (Lipinski definition) is 4. The van der Waals surface area contributed by atoms with Crippen LogP contribution in [0.3, 0.4) is 0 Å². The molecule has 5 heteroatoms. The minimum absolute atomic E-state index is 0.0240. The summed E-state index contributed by atoms with van der Waals surface area (Å²) >= 11 is 0. The number of amides is 1. The van der Waals surface area contributed by atoms with Crippen LogP contribution in [0.1, 0.15) is 36.2 Å². The topological polar surface area (TPSA) is 50.8 Å². The molecular weight excluding hydrogens is 304 g/mol. The Balaban J connectivity index is 1.37. The fourth-order valence-electron chi connectivity index (χ4n) is 4.00. The maximum absolute atomic E-state index is 12.6. The van der Waals surface area contributed by atoms with Gasteiger partial charge in [-0.15, -0.1) is 0 Å². The van der Waals surface area contributed by atoms with Crippen molar-refractivity contribution in [1.29, 1.82) is 0 Å². The van der Waals surface area contributed by atoms with E-state index in [1.165, 1.54) is 0 Å². The van der Waals surface area contributed by atoms with Gasteiger partial charge in [0, 0.05) is 37.2 Å². The van der Waals surface area contributed by atoms with Crippen LogP contribution in [-0.2, 0) is 11.2 Å². The smallest absolute Gasteiger partial charge is 0.251 e. The Labute approximate surface area is 143 Å². The molecule has 3 heterocycles. The van der Waals surface area contributed by atoms with E-state index in [2.05, 4.69) is 24.1 Å². The molecule has 1 aromatic rings. The van der Waals surface area contributed by atoms with Gasteiger partial charge < -0.3 is 14.8 Å². The first-order chi connectivity index (χ1) is 11.6. The highest BCUT2D eigenvalue weighted by Crippen LogP contribution is 2.27. The van der Waals surface area contributed by atoms with Gasteiger partial charge in [-0.2, -0.15) is 0 Å². The molecule has 1 aromatic carbocycles. The van der Waals surface area contributed by atoms with Crippen molar-refractivity contribution in [3.63, 3.8) is 0 Å². The van der Waals surface area contributed by atoms with Crippen LogP contribution in [-0.4, -0.2) is 55.3 Å². The average Bonchev–Trinajstić information content (AvgIpc) is 3.18. The molecule has 2 fully saturated rings. The summed E-state index contributed by atoms with van der Waals surface area (Å²) in [6, 6.07) is 6.40. The summed E-state index contributed by atoms with van der Waals surface area (Å²) in [6.07, 6.45) is 2.18. The van der Waals surface area contributed by atoms with Gasteiger partial charge in [-0.25, -0.2) is 0 Å². The summed E-state index contributed by atoms with van der Waals surface area (Å²) < 4.78 is 11.5. The Bertz CT molecular complexity index is 631. The van der Waals surface area contributed by atoms with Gasteiger partial charge in [0.25, 0.3) is 5.91 Å². The van der Waals surface area contributed by atoms with Crippen molar-refractivity contribution < 1.29 is 14.3 Å². The zero-order chi connectivity index (χ0) is 16.7. The molecular formula is C19H26N2O3. The molecule has 0 aliphatic carbocycles. The molecule has 0 bridgehead atoms. The van der Waals surface area contributed by atoms with E-state index in [1.54, 1.807) is 0 Å². The molecule has 24 heavy (non-hydrogen) atoms. The van der Waals surface area contributed by atoms with Crippen molar-refractivity contribution in [2.24, 2.45) is 5.92 Å². The van der Waals surface area contributed by atoms with Crippen molar-refractivity contribution in [3.8, 4) is 5.75 Å². The summed E-state index contributed by atoms with van der Waals surface area (Å²) in [6.45, 7) is 7.82. The van der Waals surface area contributed by atoms with Gasteiger partial charge in [0.2, 0.25) is 0 Å². The third-order valence-corrected chi connectivity index (χ3v) is 5.48. The number of benzene rings is 1. The lowest BCUT2D eigenvalue weighted by Crippen LogP contribution is -2.48. The first-order valence-electron chi connectivity index (χ1n) is 9.02. The summed E-state index contributed by atoms with van der Waals surface area (Å²) in [5, 5.41) is 3.21. The molecule has 0 unspecified atom stereocenters. The Kier molecular flexibility index (Phi) is 4.22. The Morgan fingerprint density at radius 2 is 2.21 bits per heavy atom. The van der Waals surface area contributed by atoms with Crippen LogP contribution < -0.4 is 10.1 Å². The quantitative estimate of drug-likeness (QED) is 0.919. The fraction of sp³-hybridized carbons (Fsp3) is 0.632. The van der Waals surface area contributed by atoms with Crippen LogP contribution in [0, 0.1) is 5.92 Å².